The molecule has 0 atom stereocenters. The molecular weight excluding hydrogens is 544 g/mol. The first-order valence-electron chi connectivity index (χ1n) is 14.0. The third-order valence-electron chi connectivity index (χ3n) is 7.87. The number of imidazole rings is 1. The molecule has 1 heterocycles. The van der Waals surface area contributed by atoms with Crippen LogP contribution in [0.2, 0.25) is 10.0 Å². The van der Waals surface area contributed by atoms with Crippen molar-refractivity contribution in [2.45, 2.75) is 58.3 Å². The van der Waals surface area contributed by atoms with Gasteiger partial charge in [-0.2, -0.15) is 0 Å². The lowest BCUT2D eigenvalue weighted by Gasteiger charge is -2.26. The van der Waals surface area contributed by atoms with E-state index >= 15 is 0 Å². The number of nitrogens with zero attached hydrogens (tertiary/aromatic N) is 3. The highest BCUT2D eigenvalue weighted by Crippen LogP contribution is 2.36. The fraction of sp³-hybridized carbons (Fsp3) is 0.303. The molecule has 0 N–H and O–H groups in total. The topological polar surface area (TPSA) is 30.3 Å². The highest BCUT2D eigenvalue weighted by atomic mass is 35.5. The lowest BCUT2D eigenvalue weighted by molar-refractivity contribution is 0.231. The zero-order chi connectivity index (χ0) is 27.6. The summed E-state index contributed by atoms with van der Waals surface area (Å²) in [5.41, 5.74) is 3.80. The van der Waals surface area contributed by atoms with Crippen molar-refractivity contribution in [3.05, 3.63) is 106 Å². The first-order valence-corrected chi connectivity index (χ1v) is 14.7. The predicted octanol–water partition coefficient (Wildman–Crippen LogP) is 9.35. The molecule has 1 fully saturated rings. The Kier molecular flexibility index (Phi) is 7.97. The molecule has 4 nitrogen and oxygen atoms in total. The number of halogens is 3. The van der Waals surface area contributed by atoms with Crippen molar-refractivity contribution in [3.8, 4) is 5.75 Å². The minimum Gasteiger partial charge on any atom is -0.494 e. The number of aromatic nitrogens is 2. The van der Waals surface area contributed by atoms with Crippen molar-refractivity contribution in [3.63, 3.8) is 0 Å². The summed E-state index contributed by atoms with van der Waals surface area (Å²) in [6.07, 6.45) is 4.61. The third-order valence-corrected chi connectivity index (χ3v) is 8.45. The van der Waals surface area contributed by atoms with E-state index in [0.717, 1.165) is 46.4 Å². The Morgan fingerprint density at radius 1 is 0.950 bits per heavy atom. The maximum atomic E-state index is 14.2. The lowest BCUT2D eigenvalue weighted by atomic mass is 10.0. The first kappa shape index (κ1) is 27.1. The standard InChI is InChI=1S/C33H32Cl2FN3O/c1-2-40-32-16-12-22-7-3-6-10-27(22)28(32)20-38(19-23-11-13-24(34)17-29(23)35)21-33-37-30-18-25(36)14-15-31(30)39(33)26-8-4-5-9-26/h3,6-7,10-18,26H,2,4-5,8-9,19-21H2,1H3. The van der Waals surface area contributed by atoms with Crippen molar-refractivity contribution in [2.24, 2.45) is 0 Å². The van der Waals surface area contributed by atoms with Gasteiger partial charge in [0.15, 0.2) is 0 Å². The van der Waals surface area contributed by atoms with Crippen molar-refractivity contribution >= 4 is 45.0 Å². The van der Waals surface area contributed by atoms with Crippen LogP contribution in [0, 0.1) is 5.82 Å². The number of benzene rings is 4. The van der Waals surface area contributed by atoms with E-state index < -0.39 is 0 Å². The van der Waals surface area contributed by atoms with Crippen LogP contribution in [-0.2, 0) is 19.6 Å². The highest BCUT2D eigenvalue weighted by molar-refractivity contribution is 6.35. The maximum absolute atomic E-state index is 14.2. The molecule has 6 rings (SSSR count). The van der Waals surface area contributed by atoms with E-state index in [1.165, 1.54) is 24.3 Å². The summed E-state index contributed by atoms with van der Waals surface area (Å²) in [4.78, 5) is 7.34. The predicted molar refractivity (Wildman–Crippen MR) is 162 cm³/mol. The number of fused-ring (bicyclic) bond motifs is 2. The second-order valence-electron chi connectivity index (χ2n) is 10.5. The van der Waals surface area contributed by atoms with Crippen molar-refractivity contribution in [1.82, 2.24) is 14.5 Å². The zero-order valence-corrected chi connectivity index (χ0v) is 24.1. The van der Waals surface area contributed by atoms with Gasteiger partial charge in [0, 0.05) is 40.8 Å². The molecule has 1 aliphatic carbocycles. The minimum absolute atomic E-state index is 0.267. The number of ether oxygens (including phenoxy) is 1. The number of hydrogen-bond donors (Lipinski definition) is 0. The molecule has 40 heavy (non-hydrogen) atoms. The van der Waals surface area contributed by atoms with Crippen molar-refractivity contribution < 1.29 is 9.13 Å². The average Bonchev–Trinajstić information content (AvgIpc) is 3.59. The molecule has 1 saturated carbocycles. The van der Waals surface area contributed by atoms with E-state index in [2.05, 4.69) is 45.9 Å². The Labute approximate surface area is 244 Å². The van der Waals surface area contributed by atoms with E-state index in [4.69, 9.17) is 32.9 Å². The second kappa shape index (κ2) is 11.8. The van der Waals surface area contributed by atoms with Gasteiger partial charge in [-0.15, -0.1) is 0 Å². The van der Waals surface area contributed by atoms with Gasteiger partial charge in [0.1, 0.15) is 17.4 Å². The normalized spacial score (nSPS) is 14.1. The van der Waals surface area contributed by atoms with Crippen LogP contribution >= 0.6 is 23.2 Å². The monoisotopic (exact) mass is 575 g/mol. The molecule has 7 heteroatoms. The smallest absolute Gasteiger partial charge is 0.125 e. The van der Waals surface area contributed by atoms with Crippen LogP contribution in [0.25, 0.3) is 21.8 Å². The van der Waals surface area contributed by atoms with E-state index in [-0.39, 0.29) is 5.82 Å². The van der Waals surface area contributed by atoms with Gasteiger partial charge in [-0.3, -0.25) is 4.90 Å². The first-order chi connectivity index (χ1) is 19.5. The number of hydrogen-bond acceptors (Lipinski definition) is 3. The lowest BCUT2D eigenvalue weighted by Crippen LogP contribution is -2.26. The summed E-state index contributed by atoms with van der Waals surface area (Å²) < 4.78 is 22.7. The van der Waals surface area contributed by atoms with Crippen molar-refractivity contribution in [1.29, 1.82) is 0 Å². The Hall–Kier alpha value is -3.12. The molecular formula is C33H32Cl2FN3O. The van der Waals surface area contributed by atoms with Crippen LogP contribution in [0.15, 0.2) is 72.8 Å². The summed E-state index contributed by atoms with van der Waals surface area (Å²) in [7, 11) is 0. The highest BCUT2D eigenvalue weighted by Gasteiger charge is 2.25. The summed E-state index contributed by atoms with van der Waals surface area (Å²) in [5.74, 6) is 1.55. The SMILES string of the molecule is CCOc1ccc2ccccc2c1CN(Cc1ccc(Cl)cc1Cl)Cc1nc2cc(F)ccc2n1C1CCCC1. The molecule has 4 aromatic carbocycles. The molecule has 1 aromatic heterocycles. The molecule has 0 saturated heterocycles. The number of rotatable bonds is 9. The van der Waals surface area contributed by atoms with Gasteiger partial charge in [-0.1, -0.05) is 72.4 Å². The van der Waals surface area contributed by atoms with Gasteiger partial charge < -0.3 is 9.30 Å². The molecule has 206 valence electrons. The molecule has 0 spiro atoms. The van der Waals surface area contributed by atoms with Crippen molar-refractivity contribution in [2.75, 3.05) is 6.61 Å². The molecule has 0 radical (unpaired) electrons. The van der Waals surface area contributed by atoms with Gasteiger partial charge in [0.2, 0.25) is 0 Å². The molecule has 5 aromatic rings. The Morgan fingerprint density at radius 2 is 1.77 bits per heavy atom. The van der Waals surface area contributed by atoms with Crippen LogP contribution < -0.4 is 4.74 Å². The average molecular weight is 577 g/mol. The van der Waals surface area contributed by atoms with Crippen LogP contribution in [-0.4, -0.2) is 21.1 Å². The third kappa shape index (κ3) is 5.56. The van der Waals surface area contributed by atoms with Crippen LogP contribution in [0.1, 0.15) is 55.6 Å². The quantitative estimate of drug-likeness (QED) is 0.175. The molecule has 0 aliphatic heterocycles. The largest absolute Gasteiger partial charge is 0.494 e. The fourth-order valence-corrected chi connectivity index (χ4v) is 6.52. The van der Waals surface area contributed by atoms with Crippen LogP contribution in [0.4, 0.5) is 4.39 Å². The van der Waals surface area contributed by atoms with Crippen LogP contribution in [0.3, 0.4) is 0 Å². The van der Waals surface area contributed by atoms with Gasteiger partial charge in [-0.05, 0) is 66.4 Å². The molecule has 0 amide bonds. The zero-order valence-electron chi connectivity index (χ0n) is 22.5. The molecule has 0 unspecified atom stereocenters. The summed E-state index contributed by atoms with van der Waals surface area (Å²) >= 11 is 12.9. The summed E-state index contributed by atoms with van der Waals surface area (Å²) in [6, 6.07) is 23.5. The minimum atomic E-state index is -0.267. The maximum Gasteiger partial charge on any atom is 0.125 e. The van der Waals surface area contributed by atoms with E-state index in [9.17, 15) is 4.39 Å². The molecule has 0 bridgehead atoms. The summed E-state index contributed by atoms with van der Waals surface area (Å²) in [6.45, 7) is 4.37. The van der Waals surface area contributed by atoms with E-state index in [1.807, 2.05) is 25.1 Å². The van der Waals surface area contributed by atoms with Gasteiger partial charge in [0.25, 0.3) is 0 Å². The Bertz CT molecular complexity index is 1660. The molecule has 1 aliphatic rings. The Balaban J connectivity index is 1.45. The van der Waals surface area contributed by atoms with Gasteiger partial charge >= 0.3 is 0 Å². The van der Waals surface area contributed by atoms with Gasteiger partial charge in [-0.25, -0.2) is 9.37 Å². The summed E-state index contributed by atoms with van der Waals surface area (Å²) in [5, 5.41) is 3.57. The van der Waals surface area contributed by atoms with E-state index in [1.54, 1.807) is 12.1 Å². The van der Waals surface area contributed by atoms with Gasteiger partial charge in [0.05, 0.1) is 24.2 Å². The van der Waals surface area contributed by atoms with E-state index in [0.29, 0.717) is 47.8 Å². The van der Waals surface area contributed by atoms with Crippen LogP contribution in [0.5, 0.6) is 5.75 Å². The second-order valence-corrected chi connectivity index (χ2v) is 11.4. The fourth-order valence-electron chi connectivity index (χ4n) is 6.06. The Morgan fingerprint density at radius 3 is 2.58 bits per heavy atom.